The van der Waals surface area contributed by atoms with Crippen molar-refractivity contribution >= 4 is 28.5 Å². The van der Waals surface area contributed by atoms with Gasteiger partial charge in [-0.25, -0.2) is 9.97 Å². The first-order chi connectivity index (χ1) is 16.7. The number of hydrogen-bond donors (Lipinski definition) is 4. The lowest BCUT2D eigenvalue weighted by molar-refractivity contribution is 0.339. The summed E-state index contributed by atoms with van der Waals surface area (Å²) in [6.45, 7) is 0.909. The number of rotatable bonds is 8. The van der Waals surface area contributed by atoms with E-state index in [0.717, 1.165) is 47.4 Å². The molecule has 5 rings (SSSR count). The van der Waals surface area contributed by atoms with E-state index in [1.807, 2.05) is 25.4 Å². The lowest BCUT2D eigenvalue weighted by Gasteiger charge is -2.32. The molecule has 176 valence electrons. The molecule has 0 saturated heterocycles. The number of benzene rings is 1. The second kappa shape index (κ2) is 10.6. The Kier molecular flexibility index (Phi) is 7.09. The normalized spacial score (nSPS) is 19.2. The Morgan fingerprint density at radius 1 is 1.09 bits per heavy atom. The summed E-state index contributed by atoms with van der Waals surface area (Å²) in [5.41, 5.74) is 4.30. The van der Waals surface area contributed by atoms with Gasteiger partial charge in [-0.1, -0.05) is 41.9 Å². The fourth-order valence-electron chi connectivity index (χ4n) is 4.99. The quantitative estimate of drug-likeness (QED) is 0.252. The molecule has 7 heteroatoms. The van der Waals surface area contributed by atoms with Crippen LogP contribution >= 0.6 is 11.6 Å². The van der Waals surface area contributed by atoms with Gasteiger partial charge in [0.05, 0.1) is 0 Å². The zero-order chi connectivity index (χ0) is 23.3. The van der Waals surface area contributed by atoms with Gasteiger partial charge in [-0.2, -0.15) is 0 Å². The highest BCUT2D eigenvalue weighted by molar-refractivity contribution is 6.29. The van der Waals surface area contributed by atoms with E-state index in [1.165, 1.54) is 18.4 Å². The van der Waals surface area contributed by atoms with E-state index in [2.05, 4.69) is 73.4 Å². The first-order valence-electron chi connectivity index (χ1n) is 12.0. The van der Waals surface area contributed by atoms with Crippen molar-refractivity contribution in [3.8, 4) is 11.1 Å². The molecule has 1 aliphatic carbocycles. The average Bonchev–Trinajstić information content (AvgIpc) is 3.29. The van der Waals surface area contributed by atoms with Crippen LogP contribution in [0.15, 0.2) is 67.0 Å². The summed E-state index contributed by atoms with van der Waals surface area (Å²) in [6.07, 6.45) is 8.35. The molecule has 3 heterocycles. The molecule has 1 unspecified atom stereocenters. The summed E-state index contributed by atoms with van der Waals surface area (Å²) in [4.78, 5) is 12.2. The molecule has 6 nitrogen and oxygen atoms in total. The molecular formula is C27H31ClN6. The topological polar surface area (TPSA) is 77.7 Å². The van der Waals surface area contributed by atoms with Crippen molar-refractivity contribution in [2.75, 3.05) is 18.9 Å². The van der Waals surface area contributed by atoms with Gasteiger partial charge in [-0.15, -0.1) is 0 Å². The van der Waals surface area contributed by atoms with Crippen molar-refractivity contribution < 1.29 is 0 Å². The number of nitrogens with one attached hydrogen (secondary N) is 4. The number of hydrogen-bond acceptors (Lipinski definition) is 5. The largest absolute Gasteiger partial charge is 0.367 e. The Labute approximate surface area is 205 Å². The van der Waals surface area contributed by atoms with Crippen LogP contribution in [-0.2, 0) is 0 Å². The van der Waals surface area contributed by atoms with Gasteiger partial charge < -0.3 is 20.9 Å². The molecule has 0 spiro atoms. The number of fused-ring (bicyclic) bond motifs is 1. The number of likely N-dealkylation sites (N-methyl/N-ethyl adjacent to an activating group) is 1. The second-order valence-corrected chi connectivity index (χ2v) is 9.42. The first kappa shape index (κ1) is 22.8. The number of aromatic amines is 1. The smallest absolute Gasteiger partial charge is 0.137 e. The third-order valence-electron chi connectivity index (χ3n) is 6.74. The first-order valence-corrected chi connectivity index (χ1v) is 12.4. The summed E-state index contributed by atoms with van der Waals surface area (Å²) in [6, 6.07) is 19.8. The van der Waals surface area contributed by atoms with Crippen molar-refractivity contribution in [2.24, 2.45) is 0 Å². The zero-order valence-electron chi connectivity index (χ0n) is 19.4. The summed E-state index contributed by atoms with van der Waals surface area (Å²) in [5.74, 6) is 0.823. The van der Waals surface area contributed by atoms with Crippen LogP contribution < -0.4 is 16.0 Å². The van der Waals surface area contributed by atoms with Crippen molar-refractivity contribution in [1.82, 2.24) is 25.6 Å². The number of pyridine rings is 2. The minimum atomic E-state index is 0.303. The van der Waals surface area contributed by atoms with Crippen LogP contribution in [0.25, 0.3) is 22.2 Å². The van der Waals surface area contributed by atoms with Crippen LogP contribution in [0.2, 0.25) is 5.15 Å². The molecule has 1 fully saturated rings. The summed E-state index contributed by atoms with van der Waals surface area (Å²) in [7, 11) is 2.02. The van der Waals surface area contributed by atoms with Crippen LogP contribution in [0.1, 0.15) is 37.3 Å². The van der Waals surface area contributed by atoms with Gasteiger partial charge in [0.15, 0.2) is 0 Å². The molecule has 3 atom stereocenters. The van der Waals surface area contributed by atoms with Gasteiger partial charge >= 0.3 is 0 Å². The van der Waals surface area contributed by atoms with Crippen molar-refractivity contribution in [3.63, 3.8) is 0 Å². The van der Waals surface area contributed by atoms with E-state index < -0.39 is 0 Å². The van der Waals surface area contributed by atoms with E-state index in [9.17, 15) is 0 Å². The molecule has 1 aromatic carbocycles. The zero-order valence-corrected chi connectivity index (χ0v) is 20.1. The second-order valence-electron chi connectivity index (χ2n) is 9.03. The highest BCUT2D eigenvalue weighted by atomic mass is 35.5. The Morgan fingerprint density at radius 2 is 1.94 bits per heavy atom. The van der Waals surface area contributed by atoms with E-state index in [0.29, 0.717) is 23.3 Å². The van der Waals surface area contributed by atoms with Gasteiger partial charge in [0, 0.05) is 48.0 Å². The molecule has 3 aromatic heterocycles. The monoisotopic (exact) mass is 474 g/mol. The summed E-state index contributed by atoms with van der Waals surface area (Å²) >= 11 is 6.43. The Bertz CT molecular complexity index is 1220. The third kappa shape index (κ3) is 5.25. The standard InChI is InChI=1S/C27H31ClN6/c1-29-24(18-7-3-2-4-8-18)17-31-20-9-5-10-21(15-20)33-26-14-19(13-25(28)34-26)23-16-32-27-22(23)11-6-12-30-27/h2-4,6-8,11-14,16,20-21,24,29,31H,5,9-10,15,17H2,1H3,(H,30,32)(H,33,34)/t20-,21-,24?/m1/s1. The third-order valence-corrected chi connectivity index (χ3v) is 6.94. The molecule has 0 amide bonds. The molecule has 0 bridgehead atoms. The summed E-state index contributed by atoms with van der Waals surface area (Å²) < 4.78 is 0. The lowest BCUT2D eigenvalue weighted by atomic mass is 9.90. The number of aromatic nitrogens is 3. The minimum Gasteiger partial charge on any atom is -0.367 e. The van der Waals surface area contributed by atoms with Crippen molar-refractivity contribution in [1.29, 1.82) is 0 Å². The van der Waals surface area contributed by atoms with Gasteiger partial charge in [0.25, 0.3) is 0 Å². The molecule has 1 saturated carbocycles. The number of H-pyrrole nitrogens is 1. The van der Waals surface area contributed by atoms with Crippen molar-refractivity contribution in [2.45, 2.75) is 43.8 Å². The Hall–Kier alpha value is -2.93. The van der Waals surface area contributed by atoms with Crippen LogP contribution in [0.3, 0.4) is 0 Å². The van der Waals surface area contributed by atoms with Crippen LogP contribution in [-0.4, -0.2) is 40.6 Å². The number of nitrogens with zero attached hydrogens (tertiary/aromatic N) is 2. The lowest BCUT2D eigenvalue weighted by Crippen LogP contribution is -2.42. The maximum absolute atomic E-state index is 6.43. The highest BCUT2D eigenvalue weighted by Gasteiger charge is 2.23. The minimum absolute atomic E-state index is 0.303. The molecule has 0 aliphatic heterocycles. The fourth-order valence-corrected chi connectivity index (χ4v) is 5.20. The van der Waals surface area contributed by atoms with Crippen LogP contribution in [0.5, 0.6) is 0 Å². The van der Waals surface area contributed by atoms with Gasteiger partial charge in [0.2, 0.25) is 0 Å². The molecule has 34 heavy (non-hydrogen) atoms. The van der Waals surface area contributed by atoms with E-state index >= 15 is 0 Å². The van der Waals surface area contributed by atoms with E-state index in [4.69, 9.17) is 11.6 Å². The highest BCUT2D eigenvalue weighted by Crippen LogP contribution is 2.31. The summed E-state index contributed by atoms with van der Waals surface area (Å²) in [5, 5.41) is 12.5. The van der Waals surface area contributed by atoms with Crippen LogP contribution in [0, 0.1) is 0 Å². The van der Waals surface area contributed by atoms with Gasteiger partial charge in [0.1, 0.15) is 16.6 Å². The molecule has 4 N–H and O–H groups in total. The van der Waals surface area contributed by atoms with Gasteiger partial charge in [-0.3, -0.25) is 0 Å². The average molecular weight is 475 g/mol. The molecule has 4 aromatic rings. The predicted molar refractivity (Wildman–Crippen MR) is 140 cm³/mol. The van der Waals surface area contributed by atoms with E-state index in [-0.39, 0.29) is 0 Å². The fraction of sp³-hybridized carbons (Fsp3) is 0.333. The Morgan fingerprint density at radius 3 is 2.79 bits per heavy atom. The van der Waals surface area contributed by atoms with Crippen LogP contribution in [0.4, 0.5) is 5.82 Å². The number of halogens is 1. The Balaban J connectivity index is 1.25. The maximum Gasteiger partial charge on any atom is 0.137 e. The molecule has 1 aliphatic rings. The van der Waals surface area contributed by atoms with E-state index in [1.54, 1.807) is 6.20 Å². The van der Waals surface area contributed by atoms with Gasteiger partial charge in [-0.05, 0) is 68.1 Å². The molecular weight excluding hydrogens is 444 g/mol. The SMILES string of the molecule is CNC(CN[C@@H]1CCC[C@@H](Nc2cc(-c3c[nH]c4ncccc34)cc(Cl)n2)C1)c1ccccc1. The maximum atomic E-state index is 6.43. The predicted octanol–water partition coefficient (Wildman–Crippen LogP) is 5.55. The van der Waals surface area contributed by atoms with Crippen molar-refractivity contribution in [3.05, 3.63) is 77.7 Å². The number of anilines is 1. The molecule has 0 radical (unpaired) electrons.